The van der Waals surface area contributed by atoms with Crippen molar-refractivity contribution in [2.24, 2.45) is 23.7 Å². The van der Waals surface area contributed by atoms with E-state index in [0.29, 0.717) is 72.1 Å². The average Bonchev–Trinajstić information content (AvgIpc) is 4.42. The van der Waals surface area contributed by atoms with Gasteiger partial charge in [0, 0.05) is 35.9 Å². The van der Waals surface area contributed by atoms with Gasteiger partial charge in [-0.3, -0.25) is 19.2 Å². The Balaban J connectivity index is 1.10. The van der Waals surface area contributed by atoms with Crippen LogP contribution < -0.4 is 0 Å². The standard InChI is InChI=1S/C68H86N4O4S4/c1-11-19-25-45(15-5)39-69-61(53-29-23-35-77-53)57-59(67(69)75)63(71(65(57)73)41-47(17-7)27-21-13-3)55-33-31-51(79-55)49-37-44(10)50(38-43(49)9)52-32-34-56(80-52)64-60-58(66(74)72(64)42-48(18-8)28-22-14-4)62(54-30-24-36-78-54)70(68(60)76)40-46(16-6)26-20-12-2/h23-24,29-38,45-48H,11-22,25-28,39-42H2,1-10H3. The van der Waals surface area contributed by atoms with Crippen molar-refractivity contribution in [1.82, 2.24) is 19.6 Å². The number of benzene rings is 1. The molecule has 4 amide bonds. The second-order valence-corrected chi connectivity index (χ2v) is 27.1. The van der Waals surface area contributed by atoms with Gasteiger partial charge in [-0.1, -0.05) is 145 Å². The van der Waals surface area contributed by atoms with Crippen molar-refractivity contribution >= 4 is 91.8 Å². The molecule has 4 unspecified atom stereocenters. The lowest BCUT2D eigenvalue weighted by Gasteiger charge is -2.29. The maximum absolute atomic E-state index is 15.2. The molecule has 4 aliphatic heterocycles. The highest BCUT2D eigenvalue weighted by Gasteiger charge is 2.52. The van der Waals surface area contributed by atoms with Crippen LogP contribution in [0.25, 0.3) is 43.7 Å². The van der Waals surface area contributed by atoms with Crippen molar-refractivity contribution in [3.05, 3.63) is 124 Å². The van der Waals surface area contributed by atoms with Gasteiger partial charge in [0.2, 0.25) is 0 Å². The Labute approximate surface area is 494 Å². The zero-order valence-electron chi connectivity index (χ0n) is 49.4. The van der Waals surface area contributed by atoms with E-state index in [1.165, 1.54) is 0 Å². The molecular formula is C68H86N4O4S4. The fourth-order valence-electron chi connectivity index (χ4n) is 12.6. The molecular weight excluding hydrogens is 1070 g/mol. The van der Waals surface area contributed by atoms with Crippen LogP contribution in [0.1, 0.15) is 189 Å². The van der Waals surface area contributed by atoms with Crippen LogP contribution in [0.2, 0.25) is 0 Å². The summed E-state index contributed by atoms with van der Waals surface area (Å²) in [4.78, 5) is 74.8. The number of carbonyl (C=O) groups is 4. The van der Waals surface area contributed by atoms with Crippen LogP contribution in [0, 0.1) is 37.5 Å². The summed E-state index contributed by atoms with van der Waals surface area (Å²) in [5.41, 5.74) is 9.91. The molecule has 4 atom stereocenters. The third-order valence-corrected chi connectivity index (χ3v) is 21.6. The molecule has 0 radical (unpaired) electrons. The van der Waals surface area contributed by atoms with Crippen molar-refractivity contribution < 1.29 is 19.2 Å². The molecule has 9 rings (SSSR count). The van der Waals surface area contributed by atoms with Crippen LogP contribution in [-0.2, 0) is 19.2 Å². The lowest BCUT2D eigenvalue weighted by molar-refractivity contribution is -0.124. The molecule has 5 aromatic rings. The zero-order valence-corrected chi connectivity index (χ0v) is 52.7. The van der Waals surface area contributed by atoms with Gasteiger partial charge in [0.1, 0.15) is 0 Å². The highest BCUT2D eigenvalue weighted by atomic mass is 32.1. The first-order valence-electron chi connectivity index (χ1n) is 30.5. The number of rotatable bonds is 30. The van der Waals surface area contributed by atoms with E-state index in [2.05, 4.69) is 118 Å². The number of amides is 4. The number of hydrogen-bond donors (Lipinski definition) is 0. The van der Waals surface area contributed by atoms with Gasteiger partial charge in [0.15, 0.2) is 0 Å². The molecule has 12 heteroatoms. The van der Waals surface area contributed by atoms with E-state index >= 15 is 19.2 Å². The number of thiophene rings is 4. The summed E-state index contributed by atoms with van der Waals surface area (Å²) in [6.07, 6.45) is 16.9. The van der Waals surface area contributed by atoms with E-state index in [9.17, 15) is 0 Å². The van der Waals surface area contributed by atoms with Crippen LogP contribution >= 0.6 is 45.3 Å². The predicted molar refractivity (Wildman–Crippen MR) is 339 cm³/mol. The van der Waals surface area contributed by atoms with Crippen LogP contribution in [0.3, 0.4) is 0 Å². The molecule has 0 saturated carbocycles. The van der Waals surface area contributed by atoms with Crippen molar-refractivity contribution in [3.8, 4) is 20.9 Å². The zero-order chi connectivity index (χ0) is 56.8. The molecule has 1 aromatic carbocycles. The third-order valence-electron chi connectivity index (χ3n) is 17.6. The van der Waals surface area contributed by atoms with E-state index in [1.807, 2.05) is 42.5 Å². The molecule has 0 spiro atoms. The lowest BCUT2D eigenvalue weighted by atomic mass is 9.98. The smallest absolute Gasteiger partial charge is 0.261 e. The van der Waals surface area contributed by atoms with E-state index in [4.69, 9.17) is 0 Å². The second kappa shape index (κ2) is 26.8. The highest BCUT2D eigenvalue weighted by molar-refractivity contribution is 7.17. The Morgan fingerprint density at radius 2 is 0.650 bits per heavy atom. The van der Waals surface area contributed by atoms with Crippen LogP contribution in [0.15, 0.2) is 93.7 Å². The number of fused-ring (bicyclic) bond motifs is 2. The third kappa shape index (κ3) is 11.8. The molecule has 426 valence electrons. The van der Waals surface area contributed by atoms with Crippen molar-refractivity contribution in [2.75, 3.05) is 26.2 Å². The molecule has 0 N–H and O–H groups in total. The largest absolute Gasteiger partial charge is 0.306 e. The summed E-state index contributed by atoms with van der Waals surface area (Å²) >= 11 is 6.56. The highest BCUT2D eigenvalue weighted by Crippen LogP contribution is 2.53. The van der Waals surface area contributed by atoms with E-state index in [-0.39, 0.29) is 23.6 Å². The number of hydrogen-bond acceptors (Lipinski definition) is 8. The maximum Gasteiger partial charge on any atom is 0.261 e. The van der Waals surface area contributed by atoms with Crippen LogP contribution in [0.5, 0.6) is 0 Å². The van der Waals surface area contributed by atoms with Gasteiger partial charge in [0.25, 0.3) is 23.6 Å². The van der Waals surface area contributed by atoms with Gasteiger partial charge in [-0.15, -0.1) is 45.3 Å². The first-order valence-corrected chi connectivity index (χ1v) is 33.9. The molecule has 80 heavy (non-hydrogen) atoms. The quantitative estimate of drug-likeness (QED) is 0.0459. The fraction of sp³-hybridized carbons (Fsp3) is 0.500. The molecule has 0 fully saturated rings. The number of aryl methyl sites for hydroxylation is 2. The number of carbonyl (C=O) groups excluding carboxylic acids is 4. The van der Waals surface area contributed by atoms with E-state index < -0.39 is 0 Å². The minimum atomic E-state index is -0.0480. The first kappa shape index (κ1) is 59.5. The summed E-state index contributed by atoms with van der Waals surface area (Å²) in [5, 5.41) is 4.10. The van der Waals surface area contributed by atoms with Gasteiger partial charge < -0.3 is 19.6 Å². The SMILES string of the molecule is CCCCC(CC)CN1C(=O)C2=C(c3ccc(-c4cc(C)c(-c5ccc(C6=C7C(=O)N(CC(CC)CCCC)C(c8cccs8)=C7C(=O)N6CC(CC)CCCC)s5)cc4C)s3)N(CC(CC)CCCC)C(=O)C2=C1c1cccs1. The fourth-order valence-corrected chi connectivity index (χ4v) is 16.5. The topological polar surface area (TPSA) is 81.2 Å². The van der Waals surface area contributed by atoms with Gasteiger partial charge in [0.05, 0.1) is 64.6 Å². The molecule has 8 heterocycles. The Hall–Kier alpha value is -5.14. The molecule has 0 bridgehead atoms. The number of nitrogens with zero attached hydrogens (tertiary/aromatic N) is 4. The maximum atomic E-state index is 15.2. The van der Waals surface area contributed by atoms with Crippen molar-refractivity contribution in [2.45, 2.75) is 172 Å². The van der Waals surface area contributed by atoms with Gasteiger partial charge >= 0.3 is 0 Å². The molecule has 4 aliphatic rings. The predicted octanol–water partition coefficient (Wildman–Crippen LogP) is 18.4. The van der Waals surface area contributed by atoms with Crippen molar-refractivity contribution in [3.63, 3.8) is 0 Å². The monoisotopic (exact) mass is 1150 g/mol. The molecule has 0 aliphatic carbocycles. The summed E-state index contributed by atoms with van der Waals surface area (Å²) in [7, 11) is 0. The normalized spacial score (nSPS) is 17.2. The Morgan fingerprint density at radius 1 is 0.375 bits per heavy atom. The average molecular weight is 1150 g/mol. The van der Waals surface area contributed by atoms with Gasteiger partial charge in [-0.25, -0.2) is 0 Å². The Kier molecular flexibility index (Phi) is 20.0. The van der Waals surface area contributed by atoms with Gasteiger partial charge in [-0.2, -0.15) is 0 Å². The van der Waals surface area contributed by atoms with Crippen molar-refractivity contribution in [1.29, 1.82) is 0 Å². The second-order valence-electron chi connectivity index (χ2n) is 23.0. The molecule has 8 nitrogen and oxygen atoms in total. The lowest BCUT2D eigenvalue weighted by Crippen LogP contribution is -2.34. The molecule has 0 saturated heterocycles. The van der Waals surface area contributed by atoms with Gasteiger partial charge in [-0.05, 0) is 145 Å². The van der Waals surface area contributed by atoms with E-state index in [1.54, 1.807) is 45.3 Å². The summed E-state index contributed by atoms with van der Waals surface area (Å²) < 4.78 is 0. The molecule has 4 aromatic heterocycles. The summed E-state index contributed by atoms with van der Waals surface area (Å²) in [6, 6.07) is 21.4. The summed E-state index contributed by atoms with van der Waals surface area (Å²) in [6.45, 7) is 24.5. The minimum Gasteiger partial charge on any atom is -0.306 e. The van der Waals surface area contributed by atoms with Crippen LogP contribution in [-0.4, -0.2) is 69.4 Å². The Bertz CT molecular complexity index is 2950. The first-order chi connectivity index (χ1) is 38.9. The van der Waals surface area contributed by atoms with Crippen LogP contribution in [0.4, 0.5) is 0 Å². The minimum absolute atomic E-state index is 0.0480. The number of unbranched alkanes of at least 4 members (excludes halogenated alkanes) is 4. The summed E-state index contributed by atoms with van der Waals surface area (Å²) in [5.74, 6) is 1.12. The Morgan fingerprint density at radius 3 is 0.900 bits per heavy atom. The van der Waals surface area contributed by atoms with E-state index in [0.717, 1.165) is 177 Å².